The number of nitrogens with one attached hydrogen (secondary N) is 2. The second-order valence-electron chi connectivity index (χ2n) is 8.74. The fraction of sp³-hybridized carbons (Fsp3) is 0.148. The van der Waals surface area contributed by atoms with Crippen molar-refractivity contribution >= 4 is 46.4 Å². The first-order valence-electron chi connectivity index (χ1n) is 11.5. The van der Waals surface area contributed by atoms with Gasteiger partial charge in [0.15, 0.2) is 5.88 Å². The normalized spacial score (nSPS) is 11.0. The zero-order valence-corrected chi connectivity index (χ0v) is 22.1. The number of rotatable bonds is 8. The standard InChI is InChI=1S/C27H25Cl2N5O4/c1-33(2)11-12-34-10-9-20(27(34)38)16-3-5-17(6-4-16)25(36)32-24-22(13-19(29)14-23(24)35)31-26(37)21-8-7-18(28)15-30-21/h3-10,13-15,35,38H,11-12H2,1-2H3,(H,31,37)(H,32,36). The van der Waals surface area contributed by atoms with E-state index in [1.807, 2.05) is 31.3 Å². The van der Waals surface area contributed by atoms with Crippen molar-refractivity contribution in [3.8, 4) is 22.8 Å². The zero-order chi connectivity index (χ0) is 27.4. The molecule has 0 spiro atoms. The summed E-state index contributed by atoms with van der Waals surface area (Å²) in [5.41, 5.74) is 1.83. The minimum atomic E-state index is -0.583. The van der Waals surface area contributed by atoms with Crippen molar-refractivity contribution in [3.63, 3.8) is 0 Å². The molecule has 0 aliphatic rings. The number of hydrogen-bond acceptors (Lipinski definition) is 6. The number of nitrogens with zero attached hydrogens (tertiary/aromatic N) is 3. The summed E-state index contributed by atoms with van der Waals surface area (Å²) in [6.45, 7) is 1.41. The summed E-state index contributed by atoms with van der Waals surface area (Å²) in [5, 5.41) is 26.8. The van der Waals surface area contributed by atoms with Crippen molar-refractivity contribution in [1.82, 2.24) is 14.5 Å². The molecule has 0 saturated heterocycles. The number of hydrogen-bond donors (Lipinski definition) is 4. The third-order valence-corrected chi connectivity index (χ3v) is 6.15. The Balaban J connectivity index is 1.52. The van der Waals surface area contributed by atoms with Gasteiger partial charge in [-0.05, 0) is 56.1 Å². The van der Waals surface area contributed by atoms with E-state index in [1.54, 1.807) is 28.8 Å². The molecule has 4 rings (SSSR count). The van der Waals surface area contributed by atoms with Crippen molar-refractivity contribution in [1.29, 1.82) is 0 Å². The molecule has 0 unspecified atom stereocenters. The molecule has 9 nitrogen and oxygen atoms in total. The van der Waals surface area contributed by atoms with Crippen LogP contribution in [0.4, 0.5) is 11.4 Å². The Labute approximate surface area is 229 Å². The molecule has 2 heterocycles. The lowest BCUT2D eigenvalue weighted by molar-refractivity contribution is 0.101. The average Bonchev–Trinajstić information content (AvgIpc) is 3.25. The highest BCUT2D eigenvalue weighted by Crippen LogP contribution is 2.36. The van der Waals surface area contributed by atoms with Gasteiger partial charge in [-0.15, -0.1) is 0 Å². The quantitative estimate of drug-likeness (QED) is 0.219. The smallest absolute Gasteiger partial charge is 0.274 e. The van der Waals surface area contributed by atoms with Crippen LogP contribution in [-0.4, -0.2) is 57.1 Å². The lowest BCUT2D eigenvalue weighted by atomic mass is 10.1. The fourth-order valence-electron chi connectivity index (χ4n) is 3.68. The highest BCUT2D eigenvalue weighted by molar-refractivity contribution is 6.31. The van der Waals surface area contributed by atoms with Crippen LogP contribution in [0.25, 0.3) is 11.1 Å². The number of phenolic OH excluding ortho intramolecular Hbond substituents is 1. The van der Waals surface area contributed by atoms with Gasteiger partial charge in [-0.3, -0.25) is 9.59 Å². The van der Waals surface area contributed by atoms with Crippen LogP contribution in [0, 0.1) is 0 Å². The van der Waals surface area contributed by atoms with Gasteiger partial charge in [0, 0.05) is 47.7 Å². The van der Waals surface area contributed by atoms with Crippen LogP contribution < -0.4 is 10.6 Å². The molecule has 0 aliphatic heterocycles. The molecule has 2 amide bonds. The molecular weight excluding hydrogens is 529 g/mol. The maximum absolute atomic E-state index is 13.0. The van der Waals surface area contributed by atoms with Crippen LogP contribution in [-0.2, 0) is 6.54 Å². The van der Waals surface area contributed by atoms with Crippen LogP contribution in [0.3, 0.4) is 0 Å². The first-order chi connectivity index (χ1) is 18.1. The Bertz CT molecular complexity index is 1470. The van der Waals surface area contributed by atoms with Gasteiger partial charge >= 0.3 is 0 Å². The number of benzene rings is 2. The SMILES string of the molecule is CN(C)CCn1ccc(-c2ccc(C(=O)Nc3c(O)cc(Cl)cc3NC(=O)c3ccc(Cl)cn3)cc2)c1O. The molecule has 196 valence electrons. The predicted molar refractivity (Wildman–Crippen MR) is 148 cm³/mol. The van der Waals surface area contributed by atoms with E-state index in [4.69, 9.17) is 23.2 Å². The van der Waals surface area contributed by atoms with Crippen LogP contribution in [0.2, 0.25) is 10.0 Å². The van der Waals surface area contributed by atoms with E-state index in [2.05, 4.69) is 15.6 Å². The van der Waals surface area contributed by atoms with E-state index in [0.29, 0.717) is 22.7 Å². The summed E-state index contributed by atoms with van der Waals surface area (Å²) in [4.78, 5) is 31.7. The summed E-state index contributed by atoms with van der Waals surface area (Å²) in [6.07, 6.45) is 3.14. The largest absolute Gasteiger partial charge is 0.506 e. The van der Waals surface area contributed by atoms with E-state index >= 15 is 0 Å². The number of aromatic hydroxyl groups is 2. The molecule has 0 atom stereocenters. The number of phenols is 1. The van der Waals surface area contributed by atoms with Crippen molar-refractivity contribution in [2.45, 2.75) is 6.54 Å². The number of likely N-dealkylation sites (N-methyl/N-ethyl adjacent to an activating group) is 1. The highest BCUT2D eigenvalue weighted by atomic mass is 35.5. The summed E-state index contributed by atoms with van der Waals surface area (Å²) in [7, 11) is 3.92. The van der Waals surface area contributed by atoms with Crippen molar-refractivity contribution in [3.05, 3.63) is 88.3 Å². The van der Waals surface area contributed by atoms with Gasteiger partial charge < -0.3 is 30.3 Å². The predicted octanol–water partition coefficient (Wildman–Crippen LogP) is 5.33. The van der Waals surface area contributed by atoms with Gasteiger partial charge in [-0.25, -0.2) is 4.98 Å². The first kappa shape index (κ1) is 27.0. The van der Waals surface area contributed by atoms with Gasteiger partial charge in [0.1, 0.15) is 17.1 Å². The molecule has 4 aromatic rings. The molecule has 0 fully saturated rings. The Morgan fingerprint density at radius 1 is 0.947 bits per heavy atom. The number of carbonyl (C=O) groups excluding carboxylic acids is 2. The van der Waals surface area contributed by atoms with Crippen molar-refractivity contribution in [2.75, 3.05) is 31.3 Å². The third-order valence-electron chi connectivity index (χ3n) is 5.71. The van der Waals surface area contributed by atoms with E-state index in [1.165, 1.54) is 30.5 Å². The summed E-state index contributed by atoms with van der Waals surface area (Å²) in [6, 6.07) is 14.1. The van der Waals surface area contributed by atoms with Crippen LogP contribution in [0.1, 0.15) is 20.8 Å². The van der Waals surface area contributed by atoms with E-state index in [-0.39, 0.29) is 33.7 Å². The molecule has 11 heteroatoms. The molecule has 0 aliphatic carbocycles. The van der Waals surface area contributed by atoms with E-state index < -0.39 is 11.8 Å². The Morgan fingerprint density at radius 3 is 2.34 bits per heavy atom. The molecule has 0 saturated carbocycles. The number of aromatic nitrogens is 2. The van der Waals surface area contributed by atoms with Crippen LogP contribution in [0.5, 0.6) is 11.6 Å². The first-order valence-corrected chi connectivity index (χ1v) is 12.3. The fourth-order valence-corrected chi connectivity index (χ4v) is 4.01. The molecule has 0 radical (unpaired) electrons. The number of anilines is 2. The Kier molecular flexibility index (Phi) is 8.21. The van der Waals surface area contributed by atoms with Gasteiger partial charge in [-0.1, -0.05) is 35.3 Å². The molecular formula is C27H25Cl2N5O4. The highest BCUT2D eigenvalue weighted by Gasteiger charge is 2.18. The Hall–Kier alpha value is -4.05. The van der Waals surface area contributed by atoms with Gasteiger partial charge in [0.2, 0.25) is 0 Å². The average molecular weight is 554 g/mol. The summed E-state index contributed by atoms with van der Waals surface area (Å²) >= 11 is 11.9. The Morgan fingerprint density at radius 2 is 1.68 bits per heavy atom. The lowest BCUT2D eigenvalue weighted by Gasteiger charge is -2.15. The third kappa shape index (κ3) is 6.25. The van der Waals surface area contributed by atoms with E-state index in [9.17, 15) is 19.8 Å². The molecule has 4 N–H and O–H groups in total. The topological polar surface area (TPSA) is 120 Å². The zero-order valence-electron chi connectivity index (χ0n) is 20.6. The maximum Gasteiger partial charge on any atom is 0.274 e. The van der Waals surface area contributed by atoms with E-state index in [0.717, 1.165) is 12.1 Å². The van der Waals surface area contributed by atoms with Gasteiger partial charge in [-0.2, -0.15) is 0 Å². The van der Waals surface area contributed by atoms with Crippen molar-refractivity contribution < 1.29 is 19.8 Å². The van der Waals surface area contributed by atoms with Gasteiger partial charge in [0.05, 0.1) is 10.7 Å². The number of carbonyl (C=O) groups is 2. The number of pyridine rings is 1. The summed E-state index contributed by atoms with van der Waals surface area (Å²) in [5.74, 6) is -1.29. The lowest BCUT2D eigenvalue weighted by Crippen LogP contribution is -2.17. The summed E-state index contributed by atoms with van der Waals surface area (Å²) < 4.78 is 1.76. The second kappa shape index (κ2) is 11.6. The monoisotopic (exact) mass is 553 g/mol. The molecule has 0 bridgehead atoms. The second-order valence-corrected chi connectivity index (χ2v) is 9.62. The van der Waals surface area contributed by atoms with Gasteiger partial charge in [0.25, 0.3) is 11.8 Å². The van der Waals surface area contributed by atoms with Crippen molar-refractivity contribution in [2.24, 2.45) is 0 Å². The number of amides is 2. The molecule has 2 aromatic carbocycles. The number of halogens is 2. The minimum absolute atomic E-state index is 0.0265. The maximum atomic E-state index is 13.0. The van der Waals surface area contributed by atoms with Crippen LogP contribution >= 0.6 is 23.2 Å². The molecule has 2 aromatic heterocycles. The molecule has 38 heavy (non-hydrogen) atoms. The minimum Gasteiger partial charge on any atom is -0.506 e. The van der Waals surface area contributed by atoms with Crippen LogP contribution in [0.15, 0.2) is 67.0 Å².